The molecule has 0 spiro atoms. The first-order valence-electron chi connectivity index (χ1n) is 10.9. The first kappa shape index (κ1) is 20.9. The zero-order chi connectivity index (χ0) is 20.9. The van der Waals surface area contributed by atoms with Crippen LogP contribution in [-0.4, -0.2) is 75.1 Å². The molecule has 30 heavy (non-hydrogen) atoms. The van der Waals surface area contributed by atoms with Gasteiger partial charge in [0.25, 0.3) is 0 Å². The quantitative estimate of drug-likeness (QED) is 0.710. The van der Waals surface area contributed by atoms with Crippen molar-refractivity contribution in [1.29, 1.82) is 0 Å². The van der Waals surface area contributed by atoms with Crippen molar-refractivity contribution in [2.75, 3.05) is 33.3 Å². The van der Waals surface area contributed by atoms with Crippen LogP contribution in [-0.2, 0) is 16.0 Å². The summed E-state index contributed by atoms with van der Waals surface area (Å²) in [4.78, 5) is 30.0. The molecule has 1 atom stereocenters. The van der Waals surface area contributed by atoms with Crippen molar-refractivity contribution < 1.29 is 14.1 Å². The molecule has 3 heterocycles. The lowest BCUT2D eigenvalue weighted by Crippen LogP contribution is -2.47. The van der Waals surface area contributed by atoms with E-state index in [0.29, 0.717) is 49.4 Å². The number of likely N-dealkylation sites (N-methyl/N-ethyl adjacent to an activating group) is 1. The highest BCUT2D eigenvalue weighted by Crippen LogP contribution is 2.29. The van der Waals surface area contributed by atoms with E-state index in [4.69, 9.17) is 9.26 Å². The Balaban J connectivity index is 1.43. The monoisotopic (exact) mass is 414 g/mol. The number of rotatable bonds is 6. The van der Waals surface area contributed by atoms with E-state index in [1.54, 1.807) is 6.20 Å². The Labute approximate surface area is 176 Å². The Morgan fingerprint density at radius 1 is 1.30 bits per heavy atom. The highest BCUT2D eigenvalue weighted by molar-refractivity contribution is 5.78. The molecule has 1 amide bonds. The third kappa shape index (κ3) is 4.67. The van der Waals surface area contributed by atoms with Crippen LogP contribution in [0.15, 0.2) is 17.0 Å². The number of morpholine rings is 1. The third-order valence-corrected chi connectivity index (χ3v) is 6.08. The van der Waals surface area contributed by atoms with Crippen LogP contribution in [0, 0.1) is 0 Å². The van der Waals surface area contributed by atoms with Crippen molar-refractivity contribution >= 4 is 5.91 Å². The van der Waals surface area contributed by atoms with E-state index in [9.17, 15) is 4.79 Å². The predicted molar refractivity (Wildman–Crippen MR) is 109 cm³/mol. The van der Waals surface area contributed by atoms with Crippen molar-refractivity contribution in [1.82, 2.24) is 29.9 Å². The minimum absolute atomic E-state index is 0.177. The molecule has 4 rings (SSSR count). The number of hydrogen-bond donors (Lipinski definition) is 0. The molecule has 0 aromatic carbocycles. The van der Waals surface area contributed by atoms with Crippen LogP contribution < -0.4 is 0 Å². The van der Waals surface area contributed by atoms with E-state index >= 15 is 0 Å². The lowest BCUT2D eigenvalue weighted by Gasteiger charge is -2.36. The van der Waals surface area contributed by atoms with Gasteiger partial charge in [0, 0.05) is 38.8 Å². The van der Waals surface area contributed by atoms with Crippen LogP contribution >= 0.6 is 0 Å². The maximum Gasteiger partial charge on any atom is 0.236 e. The molecular formula is C21H30N6O3. The van der Waals surface area contributed by atoms with Gasteiger partial charge in [0.1, 0.15) is 12.4 Å². The highest BCUT2D eigenvalue weighted by Gasteiger charge is 2.30. The number of aryl methyl sites for hydroxylation is 1. The molecule has 2 aliphatic rings. The van der Waals surface area contributed by atoms with Gasteiger partial charge in [0.05, 0.1) is 24.4 Å². The predicted octanol–water partition coefficient (Wildman–Crippen LogP) is 2.25. The molecule has 1 saturated heterocycles. The summed E-state index contributed by atoms with van der Waals surface area (Å²) in [5.41, 5.74) is 1.43. The van der Waals surface area contributed by atoms with Crippen LogP contribution in [0.3, 0.4) is 0 Å². The number of aromatic nitrogens is 4. The highest BCUT2D eigenvalue weighted by atomic mass is 16.5. The van der Waals surface area contributed by atoms with E-state index < -0.39 is 0 Å². The van der Waals surface area contributed by atoms with Gasteiger partial charge in [-0.1, -0.05) is 31.3 Å². The molecule has 1 aliphatic carbocycles. The number of nitrogens with zero attached hydrogens (tertiary/aromatic N) is 6. The van der Waals surface area contributed by atoms with Gasteiger partial charge >= 0.3 is 0 Å². The summed E-state index contributed by atoms with van der Waals surface area (Å²) >= 11 is 0. The van der Waals surface area contributed by atoms with Crippen LogP contribution in [0.2, 0.25) is 0 Å². The Hall–Kier alpha value is -2.39. The first-order valence-corrected chi connectivity index (χ1v) is 10.9. The molecule has 1 aliphatic heterocycles. The number of carbonyl (C=O) groups is 1. The molecule has 2 aromatic heterocycles. The van der Waals surface area contributed by atoms with Gasteiger partial charge in [-0.25, -0.2) is 9.97 Å². The lowest BCUT2D eigenvalue weighted by molar-refractivity contribution is -0.135. The molecular weight excluding hydrogens is 384 g/mol. The molecule has 162 valence electrons. The van der Waals surface area contributed by atoms with Crippen molar-refractivity contribution in [3.05, 3.63) is 24.1 Å². The molecule has 1 unspecified atom stereocenters. The number of amides is 1. The molecule has 9 heteroatoms. The van der Waals surface area contributed by atoms with E-state index in [1.807, 2.05) is 18.9 Å². The molecule has 0 N–H and O–H groups in total. The van der Waals surface area contributed by atoms with Crippen molar-refractivity contribution in [2.45, 2.75) is 57.6 Å². The van der Waals surface area contributed by atoms with Gasteiger partial charge in [-0.3, -0.25) is 9.69 Å². The van der Waals surface area contributed by atoms with Crippen LogP contribution in [0.1, 0.15) is 56.7 Å². The second kappa shape index (κ2) is 9.61. The Bertz CT molecular complexity index is 851. The van der Waals surface area contributed by atoms with Crippen LogP contribution in [0.25, 0.3) is 11.4 Å². The van der Waals surface area contributed by atoms with E-state index in [0.717, 1.165) is 25.1 Å². The molecule has 9 nitrogen and oxygen atoms in total. The Kier molecular flexibility index (Phi) is 6.69. The van der Waals surface area contributed by atoms with Gasteiger partial charge in [-0.15, -0.1) is 0 Å². The average molecular weight is 415 g/mol. The van der Waals surface area contributed by atoms with Gasteiger partial charge in [0.15, 0.2) is 0 Å². The van der Waals surface area contributed by atoms with Crippen LogP contribution in [0.5, 0.6) is 0 Å². The normalized spacial score (nSPS) is 20.9. The fourth-order valence-electron chi connectivity index (χ4n) is 4.26. The largest absolute Gasteiger partial charge is 0.369 e. The zero-order valence-electron chi connectivity index (χ0n) is 17.8. The molecule has 1 saturated carbocycles. The van der Waals surface area contributed by atoms with E-state index in [1.165, 1.54) is 25.6 Å². The molecule has 2 aromatic rings. The summed E-state index contributed by atoms with van der Waals surface area (Å²) < 4.78 is 11.3. The van der Waals surface area contributed by atoms with Crippen molar-refractivity contribution in [3.63, 3.8) is 0 Å². The van der Waals surface area contributed by atoms with Gasteiger partial charge < -0.3 is 14.2 Å². The average Bonchev–Trinajstić information content (AvgIpc) is 3.28. The standard InChI is InChI=1S/C21H30N6O3/c1-3-18-24-21(25-30-18)16-11-22-14-23-20(16)17-12-27(9-10-29-17)13-19(28)26(2)15-7-5-4-6-8-15/h11,14-15,17H,3-10,12-13H2,1-2H3. The van der Waals surface area contributed by atoms with Crippen molar-refractivity contribution in [2.24, 2.45) is 0 Å². The summed E-state index contributed by atoms with van der Waals surface area (Å²) in [6.45, 7) is 4.22. The molecule has 0 bridgehead atoms. The van der Waals surface area contributed by atoms with Crippen molar-refractivity contribution in [3.8, 4) is 11.4 Å². The van der Waals surface area contributed by atoms with Gasteiger partial charge in [-0.05, 0) is 12.8 Å². The zero-order valence-corrected chi connectivity index (χ0v) is 17.8. The summed E-state index contributed by atoms with van der Waals surface area (Å²) in [5.74, 6) is 1.22. The Morgan fingerprint density at radius 2 is 2.13 bits per heavy atom. The summed E-state index contributed by atoms with van der Waals surface area (Å²) in [6, 6.07) is 0.377. The van der Waals surface area contributed by atoms with Gasteiger partial charge in [-0.2, -0.15) is 4.98 Å². The number of ether oxygens (including phenoxy) is 1. The maximum atomic E-state index is 12.9. The fourth-order valence-corrected chi connectivity index (χ4v) is 4.26. The topological polar surface area (TPSA) is 97.5 Å². The van der Waals surface area contributed by atoms with E-state index in [2.05, 4.69) is 25.0 Å². The Morgan fingerprint density at radius 3 is 2.90 bits per heavy atom. The summed E-state index contributed by atoms with van der Waals surface area (Å²) in [7, 11) is 1.94. The van der Waals surface area contributed by atoms with E-state index in [-0.39, 0.29) is 12.0 Å². The van der Waals surface area contributed by atoms with Crippen LogP contribution in [0.4, 0.5) is 0 Å². The minimum Gasteiger partial charge on any atom is -0.369 e. The van der Waals surface area contributed by atoms with Gasteiger partial charge in [0.2, 0.25) is 17.6 Å². The third-order valence-electron chi connectivity index (χ3n) is 6.08. The SMILES string of the molecule is CCc1nc(-c2cncnc2C2CN(CC(=O)N(C)C3CCCCC3)CCO2)no1. The first-order chi connectivity index (χ1) is 14.7. The molecule has 0 radical (unpaired) electrons. The fraction of sp³-hybridized carbons (Fsp3) is 0.667. The minimum atomic E-state index is -0.270. The number of carbonyl (C=O) groups excluding carboxylic acids is 1. The smallest absolute Gasteiger partial charge is 0.236 e. The summed E-state index contributed by atoms with van der Waals surface area (Å²) in [6.07, 6.45) is 9.54. The maximum absolute atomic E-state index is 12.9. The lowest BCUT2D eigenvalue weighted by atomic mass is 9.94. The second-order valence-corrected chi connectivity index (χ2v) is 8.08. The second-order valence-electron chi connectivity index (χ2n) is 8.08. The number of hydrogen-bond acceptors (Lipinski definition) is 8. The summed E-state index contributed by atoms with van der Waals surface area (Å²) in [5, 5.41) is 4.06. The molecule has 2 fully saturated rings.